The molecule has 0 bridgehead atoms. The van der Waals surface area contributed by atoms with E-state index in [1.54, 1.807) is 23.2 Å². The van der Waals surface area contributed by atoms with Gasteiger partial charge in [0.15, 0.2) is 5.16 Å². The zero-order valence-electron chi connectivity index (χ0n) is 11.2. The van der Waals surface area contributed by atoms with Gasteiger partial charge in [-0.05, 0) is 12.1 Å². The largest absolute Gasteiger partial charge is 0.335 e. The zero-order chi connectivity index (χ0) is 14.4. The lowest BCUT2D eigenvalue weighted by molar-refractivity contribution is -0.127. The van der Waals surface area contributed by atoms with Crippen molar-refractivity contribution in [2.24, 2.45) is 0 Å². The van der Waals surface area contributed by atoms with Crippen LogP contribution in [0.5, 0.6) is 0 Å². The minimum atomic E-state index is 0.0579. The fraction of sp³-hybridized carbons (Fsp3) is 0.200. The third-order valence-corrected chi connectivity index (χ3v) is 3.73. The lowest BCUT2D eigenvalue weighted by Crippen LogP contribution is -2.32. The average molecular weight is 287 g/mol. The normalized spacial score (nSPS) is 10.4. The molecule has 0 spiro atoms. The second-order valence-electron chi connectivity index (χ2n) is 4.20. The summed E-state index contributed by atoms with van der Waals surface area (Å²) in [6.45, 7) is 8.40. The van der Waals surface area contributed by atoms with Gasteiger partial charge in [0, 0.05) is 19.3 Å². The van der Waals surface area contributed by atoms with Gasteiger partial charge in [0.25, 0.3) is 0 Å². The van der Waals surface area contributed by atoms with Crippen molar-refractivity contribution >= 4 is 23.2 Å². The smallest absolute Gasteiger partial charge is 0.233 e. The van der Waals surface area contributed by atoms with Gasteiger partial charge in [-0.1, -0.05) is 30.0 Å². The van der Waals surface area contributed by atoms with Crippen LogP contribution in [0.25, 0.3) is 5.52 Å². The summed E-state index contributed by atoms with van der Waals surface area (Å²) in [4.78, 5) is 18.2. The number of aromatic nitrogens is 2. The number of carbonyl (C=O) groups excluding carboxylic acids is 1. The molecule has 2 rings (SSSR count). The fourth-order valence-electron chi connectivity index (χ4n) is 1.83. The van der Waals surface area contributed by atoms with Crippen LogP contribution in [0.2, 0.25) is 0 Å². The number of hydrogen-bond donors (Lipinski definition) is 0. The van der Waals surface area contributed by atoms with Crippen molar-refractivity contribution in [1.82, 2.24) is 14.3 Å². The molecular weight excluding hydrogens is 270 g/mol. The van der Waals surface area contributed by atoms with E-state index < -0.39 is 0 Å². The first kappa shape index (κ1) is 14.4. The Morgan fingerprint density at radius 3 is 2.80 bits per heavy atom. The number of amides is 1. The molecule has 0 aliphatic heterocycles. The van der Waals surface area contributed by atoms with Crippen LogP contribution in [-0.2, 0) is 4.79 Å². The minimum absolute atomic E-state index is 0.0579. The SMILES string of the molecule is C=CCN(CC=C)C(=O)CSc1ncc2ccccn12. The van der Waals surface area contributed by atoms with Crippen LogP contribution < -0.4 is 0 Å². The molecule has 5 heteroatoms. The highest BCUT2D eigenvalue weighted by Gasteiger charge is 2.12. The Labute approximate surface area is 122 Å². The molecule has 0 aromatic carbocycles. The summed E-state index contributed by atoms with van der Waals surface area (Å²) in [5.41, 5.74) is 1.02. The quantitative estimate of drug-likeness (QED) is 0.580. The number of nitrogens with zero attached hydrogens (tertiary/aromatic N) is 3. The van der Waals surface area contributed by atoms with Gasteiger partial charge < -0.3 is 4.90 Å². The third-order valence-electron chi connectivity index (χ3n) is 2.78. The van der Waals surface area contributed by atoms with Gasteiger partial charge in [-0.15, -0.1) is 13.2 Å². The number of fused-ring (bicyclic) bond motifs is 1. The summed E-state index contributed by atoms with van der Waals surface area (Å²) < 4.78 is 1.98. The zero-order valence-corrected chi connectivity index (χ0v) is 12.1. The summed E-state index contributed by atoms with van der Waals surface area (Å²) in [5, 5.41) is 0.825. The summed E-state index contributed by atoms with van der Waals surface area (Å²) >= 11 is 1.44. The van der Waals surface area contributed by atoms with E-state index in [2.05, 4.69) is 18.1 Å². The van der Waals surface area contributed by atoms with Crippen molar-refractivity contribution in [2.45, 2.75) is 5.16 Å². The van der Waals surface area contributed by atoms with Gasteiger partial charge in [0.05, 0.1) is 17.5 Å². The van der Waals surface area contributed by atoms with Crippen molar-refractivity contribution < 1.29 is 4.79 Å². The number of thioether (sulfide) groups is 1. The first-order valence-corrected chi connectivity index (χ1v) is 7.29. The molecule has 0 atom stereocenters. The lowest BCUT2D eigenvalue weighted by Gasteiger charge is -2.18. The highest BCUT2D eigenvalue weighted by atomic mass is 32.2. The Morgan fingerprint density at radius 2 is 2.10 bits per heavy atom. The maximum Gasteiger partial charge on any atom is 0.233 e. The van der Waals surface area contributed by atoms with Crippen LogP contribution in [0.4, 0.5) is 0 Å². The number of carbonyl (C=O) groups is 1. The standard InChI is InChI=1S/C15H17N3OS/c1-3-8-17(9-4-2)14(19)12-20-15-16-11-13-7-5-6-10-18(13)15/h3-7,10-11H,1-2,8-9,12H2. The maximum atomic E-state index is 12.1. The van der Waals surface area contributed by atoms with E-state index in [0.29, 0.717) is 18.8 Å². The van der Waals surface area contributed by atoms with E-state index in [9.17, 15) is 4.79 Å². The van der Waals surface area contributed by atoms with Gasteiger partial charge in [-0.2, -0.15) is 0 Å². The monoisotopic (exact) mass is 287 g/mol. The molecule has 0 aliphatic carbocycles. The maximum absolute atomic E-state index is 12.1. The van der Waals surface area contributed by atoms with Crippen LogP contribution in [0, 0.1) is 0 Å². The highest BCUT2D eigenvalue weighted by Crippen LogP contribution is 2.18. The molecule has 2 heterocycles. The molecule has 0 aliphatic rings. The van der Waals surface area contributed by atoms with E-state index in [0.717, 1.165) is 10.7 Å². The Balaban J connectivity index is 2.02. The predicted octanol–water partition coefficient (Wildman–Crippen LogP) is 2.63. The van der Waals surface area contributed by atoms with E-state index >= 15 is 0 Å². The number of rotatable bonds is 7. The molecule has 0 unspecified atom stereocenters. The topological polar surface area (TPSA) is 37.6 Å². The first-order valence-electron chi connectivity index (χ1n) is 6.30. The molecule has 2 aromatic rings. The second kappa shape index (κ2) is 6.96. The van der Waals surface area contributed by atoms with Crippen molar-refractivity contribution in [1.29, 1.82) is 0 Å². The summed E-state index contributed by atoms with van der Waals surface area (Å²) in [6.07, 6.45) is 7.19. The van der Waals surface area contributed by atoms with Crippen molar-refractivity contribution in [3.8, 4) is 0 Å². The average Bonchev–Trinajstić information content (AvgIpc) is 2.88. The fourth-order valence-corrected chi connectivity index (χ4v) is 2.70. The van der Waals surface area contributed by atoms with Gasteiger partial charge in [-0.3, -0.25) is 9.20 Å². The molecule has 0 radical (unpaired) electrons. The summed E-state index contributed by atoms with van der Waals surface area (Å²) in [6, 6.07) is 5.90. The molecule has 0 N–H and O–H groups in total. The van der Waals surface area contributed by atoms with Crippen LogP contribution >= 0.6 is 11.8 Å². The number of imidazole rings is 1. The minimum Gasteiger partial charge on any atom is -0.335 e. The first-order chi connectivity index (χ1) is 9.76. The molecule has 2 aromatic heterocycles. The van der Waals surface area contributed by atoms with Gasteiger partial charge in [0.1, 0.15) is 0 Å². The van der Waals surface area contributed by atoms with Crippen LogP contribution in [0.3, 0.4) is 0 Å². The third kappa shape index (κ3) is 3.30. The molecule has 1 amide bonds. The van der Waals surface area contributed by atoms with Crippen molar-refractivity contribution in [3.63, 3.8) is 0 Å². The number of pyridine rings is 1. The molecule has 0 saturated heterocycles. The molecule has 0 saturated carbocycles. The molecule has 20 heavy (non-hydrogen) atoms. The van der Waals surface area contributed by atoms with E-state index in [1.807, 2.05) is 28.8 Å². The van der Waals surface area contributed by atoms with E-state index in [-0.39, 0.29) is 5.91 Å². The Hall–Kier alpha value is -2.01. The summed E-state index contributed by atoms with van der Waals surface area (Å²) in [5.74, 6) is 0.415. The van der Waals surface area contributed by atoms with Crippen molar-refractivity contribution in [3.05, 3.63) is 55.9 Å². The van der Waals surface area contributed by atoms with Crippen LogP contribution in [-0.4, -0.2) is 39.0 Å². The van der Waals surface area contributed by atoms with E-state index in [1.165, 1.54) is 11.8 Å². The molecular formula is C15H17N3OS. The van der Waals surface area contributed by atoms with Gasteiger partial charge in [-0.25, -0.2) is 4.98 Å². The highest BCUT2D eigenvalue weighted by molar-refractivity contribution is 7.99. The van der Waals surface area contributed by atoms with Crippen LogP contribution in [0.15, 0.2) is 61.1 Å². The molecule has 104 valence electrons. The van der Waals surface area contributed by atoms with E-state index in [4.69, 9.17) is 0 Å². The summed E-state index contributed by atoms with van der Waals surface area (Å²) in [7, 11) is 0. The Morgan fingerprint density at radius 1 is 1.35 bits per heavy atom. The number of hydrogen-bond acceptors (Lipinski definition) is 3. The lowest BCUT2D eigenvalue weighted by atomic mass is 10.4. The van der Waals surface area contributed by atoms with Crippen molar-refractivity contribution in [2.75, 3.05) is 18.8 Å². The molecule has 4 nitrogen and oxygen atoms in total. The van der Waals surface area contributed by atoms with Crippen LogP contribution in [0.1, 0.15) is 0 Å². The van der Waals surface area contributed by atoms with Gasteiger partial charge in [0.2, 0.25) is 5.91 Å². The van der Waals surface area contributed by atoms with Gasteiger partial charge >= 0.3 is 0 Å². The second-order valence-corrected chi connectivity index (χ2v) is 5.14. The molecule has 0 fully saturated rings. The Bertz CT molecular complexity index is 610. The Kier molecular flexibility index (Phi) is 5.01. The predicted molar refractivity (Wildman–Crippen MR) is 82.9 cm³/mol.